The van der Waals surface area contributed by atoms with Crippen molar-refractivity contribution in [1.82, 2.24) is 15.5 Å². The average Bonchev–Trinajstić information content (AvgIpc) is 2.25. The fourth-order valence-electron chi connectivity index (χ4n) is 1.63. The van der Waals surface area contributed by atoms with Gasteiger partial charge >= 0.3 is 12.0 Å². The summed E-state index contributed by atoms with van der Waals surface area (Å²) in [6.45, 7) is 4.05. The number of carbonyl (C=O) groups excluding carboxylic acids is 1. The molecule has 0 saturated carbocycles. The Bertz CT molecular complexity index is 287. The first-order valence-corrected chi connectivity index (χ1v) is 5.58. The number of hydrogen-bond donors (Lipinski definition) is 4. The van der Waals surface area contributed by atoms with Crippen LogP contribution in [0, 0.1) is 0 Å². The maximum absolute atomic E-state index is 11.7. The van der Waals surface area contributed by atoms with E-state index < -0.39 is 18.0 Å². The van der Waals surface area contributed by atoms with E-state index in [1.807, 2.05) is 0 Å². The van der Waals surface area contributed by atoms with Crippen molar-refractivity contribution in [1.29, 1.82) is 0 Å². The third-order valence-corrected chi connectivity index (χ3v) is 2.56. The average molecular weight is 245 g/mol. The molecule has 1 aliphatic rings. The van der Waals surface area contributed by atoms with Crippen molar-refractivity contribution in [3.8, 4) is 0 Å². The van der Waals surface area contributed by atoms with E-state index in [4.69, 9.17) is 5.11 Å². The van der Waals surface area contributed by atoms with E-state index in [2.05, 4.69) is 10.6 Å². The Morgan fingerprint density at radius 1 is 1.41 bits per heavy atom. The van der Waals surface area contributed by atoms with Gasteiger partial charge in [0.25, 0.3) is 0 Å². The van der Waals surface area contributed by atoms with Crippen molar-refractivity contribution in [3.63, 3.8) is 0 Å². The van der Waals surface area contributed by atoms with Gasteiger partial charge in [0.2, 0.25) is 0 Å². The predicted molar refractivity (Wildman–Crippen MR) is 60.7 cm³/mol. The molecule has 1 rings (SSSR count). The summed E-state index contributed by atoms with van der Waals surface area (Å²) < 4.78 is 0. The van der Waals surface area contributed by atoms with Gasteiger partial charge in [-0.15, -0.1) is 0 Å². The van der Waals surface area contributed by atoms with Gasteiger partial charge in [0.05, 0.1) is 12.0 Å². The van der Waals surface area contributed by atoms with Gasteiger partial charge in [0, 0.05) is 32.7 Å². The van der Waals surface area contributed by atoms with Crippen LogP contribution in [0.1, 0.15) is 13.3 Å². The molecule has 0 spiro atoms. The van der Waals surface area contributed by atoms with Gasteiger partial charge in [-0.25, -0.2) is 4.79 Å². The first-order valence-electron chi connectivity index (χ1n) is 5.58. The molecule has 0 aliphatic carbocycles. The molecule has 0 bridgehead atoms. The maximum atomic E-state index is 11.7. The summed E-state index contributed by atoms with van der Waals surface area (Å²) >= 11 is 0. The molecule has 7 nitrogen and oxygen atoms in total. The molecule has 17 heavy (non-hydrogen) atoms. The third kappa shape index (κ3) is 5.01. The number of piperazine rings is 1. The Labute approximate surface area is 99.8 Å². The zero-order valence-corrected chi connectivity index (χ0v) is 9.90. The highest BCUT2D eigenvalue weighted by molar-refractivity contribution is 5.74. The van der Waals surface area contributed by atoms with Crippen LogP contribution in [0.15, 0.2) is 0 Å². The number of carboxylic acid groups (broad SMARTS) is 1. The summed E-state index contributed by atoms with van der Waals surface area (Å²) in [5.41, 5.74) is -1.42. The number of hydrogen-bond acceptors (Lipinski definition) is 4. The molecule has 2 amide bonds. The molecule has 1 aliphatic heterocycles. The van der Waals surface area contributed by atoms with Crippen molar-refractivity contribution in [2.24, 2.45) is 0 Å². The third-order valence-electron chi connectivity index (χ3n) is 2.56. The van der Waals surface area contributed by atoms with Crippen LogP contribution >= 0.6 is 0 Å². The lowest BCUT2D eigenvalue weighted by atomic mass is 10.0. The van der Waals surface area contributed by atoms with Crippen molar-refractivity contribution >= 4 is 12.0 Å². The largest absolute Gasteiger partial charge is 0.481 e. The predicted octanol–water partition coefficient (Wildman–Crippen LogP) is -1.17. The van der Waals surface area contributed by atoms with E-state index in [0.717, 1.165) is 13.1 Å². The molecule has 7 heteroatoms. The van der Waals surface area contributed by atoms with Gasteiger partial charge in [0.15, 0.2) is 0 Å². The lowest BCUT2D eigenvalue weighted by Crippen LogP contribution is -2.52. The number of nitrogens with zero attached hydrogens (tertiary/aromatic N) is 1. The van der Waals surface area contributed by atoms with Crippen molar-refractivity contribution in [2.75, 3.05) is 32.7 Å². The van der Waals surface area contributed by atoms with Crippen LogP contribution in [0.4, 0.5) is 4.79 Å². The molecular formula is C10H19N3O4. The van der Waals surface area contributed by atoms with E-state index in [0.29, 0.717) is 13.1 Å². The van der Waals surface area contributed by atoms with Crippen LogP contribution in [0.25, 0.3) is 0 Å². The number of aliphatic hydroxyl groups is 1. The highest BCUT2D eigenvalue weighted by Gasteiger charge is 2.26. The van der Waals surface area contributed by atoms with Crippen LogP contribution < -0.4 is 10.6 Å². The second-order valence-corrected chi connectivity index (χ2v) is 4.46. The van der Waals surface area contributed by atoms with Crippen LogP contribution in [0.5, 0.6) is 0 Å². The Morgan fingerprint density at radius 2 is 2.00 bits per heavy atom. The second kappa shape index (κ2) is 5.83. The minimum Gasteiger partial charge on any atom is -0.481 e. The monoisotopic (exact) mass is 245 g/mol. The minimum atomic E-state index is -1.42. The van der Waals surface area contributed by atoms with Crippen LogP contribution in [-0.4, -0.2) is 65.4 Å². The number of carboxylic acids is 1. The molecule has 1 heterocycles. The molecule has 1 fully saturated rings. The lowest BCUT2D eigenvalue weighted by Gasteiger charge is -2.29. The molecule has 0 aromatic heterocycles. The number of aliphatic carboxylic acids is 1. The molecule has 1 atom stereocenters. The van der Waals surface area contributed by atoms with E-state index in [1.54, 1.807) is 4.90 Å². The van der Waals surface area contributed by atoms with Crippen LogP contribution in [0.3, 0.4) is 0 Å². The highest BCUT2D eigenvalue weighted by Crippen LogP contribution is 2.07. The smallest absolute Gasteiger partial charge is 0.317 e. The molecular weight excluding hydrogens is 226 g/mol. The molecule has 1 unspecified atom stereocenters. The highest BCUT2D eigenvalue weighted by atomic mass is 16.4. The van der Waals surface area contributed by atoms with Crippen LogP contribution in [-0.2, 0) is 4.79 Å². The quantitative estimate of drug-likeness (QED) is 0.500. The first-order chi connectivity index (χ1) is 7.91. The first kappa shape index (κ1) is 13.7. The summed E-state index contributed by atoms with van der Waals surface area (Å²) in [5.74, 6) is -1.09. The van der Waals surface area contributed by atoms with E-state index in [-0.39, 0.29) is 12.6 Å². The maximum Gasteiger partial charge on any atom is 0.317 e. The standard InChI is InChI=1S/C10H19N3O4/c1-10(17,6-8(14)15)7-12-9(16)13-4-2-11-3-5-13/h11,17H,2-7H2,1H3,(H,12,16)(H,14,15). The Kier molecular flexibility index (Phi) is 4.71. The Morgan fingerprint density at radius 3 is 2.53 bits per heavy atom. The summed E-state index contributed by atoms with van der Waals surface area (Å²) in [6.07, 6.45) is -0.394. The van der Waals surface area contributed by atoms with Gasteiger partial charge in [-0.05, 0) is 6.92 Å². The molecule has 0 aromatic rings. The molecule has 4 N–H and O–H groups in total. The SMILES string of the molecule is CC(O)(CNC(=O)N1CCNCC1)CC(=O)O. The lowest BCUT2D eigenvalue weighted by molar-refractivity contribution is -0.141. The fraction of sp³-hybridized carbons (Fsp3) is 0.800. The topological polar surface area (TPSA) is 102 Å². The molecule has 0 radical (unpaired) electrons. The zero-order chi connectivity index (χ0) is 12.9. The normalized spacial score (nSPS) is 19.5. The summed E-state index contributed by atoms with van der Waals surface area (Å²) in [6, 6.07) is -0.267. The summed E-state index contributed by atoms with van der Waals surface area (Å²) in [7, 11) is 0. The van der Waals surface area contributed by atoms with Gasteiger partial charge in [0.1, 0.15) is 0 Å². The molecule has 0 aromatic carbocycles. The number of carbonyl (C=O) groups is 2. The van der Waals surface area contributed by atoms with Gasteiger partial charge < -0.3 is 25.7 Å². The molecule has 98 valence electrons. The van der Waals surface area contributed by atoms with E-state index in [9.17, 15) is 14.7 Å². The van der Waals surface area contributed by atoms with Crippen molar-refractivity contribution in [3.05, 3.63) is 0 Å². The summed E-state index contributed by atoms with van der Waals surface area (Å²) in [5, 5.41) is 23.9. The van der Waals surface area contributed by atoms with Gasteiger partial charge in [-0.1, -0.05) is 0 Å². The van der Waals surface area contributed by atoms with Crippen molar-refractivity contribution < 1.29 is 19.8 Å². The Hall–Kier alpha value is -1.34. The number of rotatable bonds is 4. The Balaban J connectivity index is 2.33. The minimum absolute atomic E-state index is 0.0674. The van der Waals surface area contributed by atoms with Gasteiger partial charge in [-0.3, -0.25) is 4.79 Å². The number of amides is 2. The number of urea groups is 1. The summed E-state index contributed by atoms with van der Waals surface area (Å²) in [4.78, 5) is 23.8. The van der Waals surface area contributed by atoms with Crippen LogP contribution in [0.2, 0.25) is 0 Å². The van der Waals surface area contributed by atoms with E-state index >= 15 is 0 Å². The molecule has 1 saturated heterocycles. The van der Waals surface area contributed by atoms with Gasteiger partial charge in [-0.2, -0.15) is 0 Å². The number of nitrogens with one attached hydrogen (secondary N) is 2. The fourth-order valence-corrected chi connectivity index (χ4v) is 1.63. The van der Waals surface area contributed by atoms with E-state index in [1.165, 1.54) is 6.92 Å². The second-order valence-electron chi connectivity index (χ2n) is 4.46. The van der Waals surface area contributed by atoms with Crippen molar-refractivity contribution in [2.45, 2.75) is 18.9 Å². The zero-order valence-electron chi connectivity index (χ0n) is 9.90.